The Balaban J connectivity index is 2.32. The van der Waals surface area contributed by atoms with Gasteiger partial charge in [0.2, 0.25) is 0 Å². The zero-order chi connectivity index (χ0) is 12.2. The van der Waals surface area contributed by atoms with Crippen molar-refractivity contribution in [3.63, 3.8) is 0 Å². The summed E-state index contributed by atoms with van der Waals surface area (Å²) in [5.41, 5.74) is 0.475. The maximum Gasteiger partial charge on any atom is 0.0110 e. The zero-order valence-corrected chi connectivity index (χ0v) is 11.9. The van der Waals surface area contributed by atoms with Crippen LogP contribution in [-0.4, -0.2) is 49.1 Å². The lowest BCUT2D eigenvalue weighted by Gasteiger charge is -2.39. The molecule has 0 spiro atoms. The first-order chi connectivity index (χ1) is 7.43. The highest BCUT2D eigenvalue weighted by Crippen LogP contribution is 2.26. The molecule has 0 bridgehead atoms. The molecule has 0 N–H and O–H groups in total. The Morgan fingerprint density at radius 2 is 1.50 bits per heavy atom. The molecule has 0 aromatic heterocycles. The molecule has 0 saturated carbocycles. The second-order valence-electron chi connectivity index (χ2n) is 6.47. The summed E-state index contributed by atoms with van der Waals surface area (Å²) in [6, 6.07) is 0. The fourth-order valence-corrected chi connectivity index (χ4v) is 3.04. The molecule has 1 fully saturated rings. The minimum Gasteiger partial charge on any atom is -0.301 e. The van der Waals surface area contributed by atoms with Crippen molar-refractivity contribution >= 4 is 0 Å². The number of piperazine rings is 1. The molecule has 2 nitrogen and oxygen atoms in total. The number of likely N-dealkylation sites (N-methyl/N-ethyl adjacent to an activating group) is 1. The Labute approximate surface area is 102 Å². The van der Waals surface area contributed by atoms with Gasteiger partial charge in [-0.25, -0.2) is 0 Å². The molecule has 2 heteroatoms. The smallest absolute Gasteiger partial charge is 0.0110 e. The lowest BCUT2D eigenvalue weighted by atomic mass is 9.83. The third kappa shape index (κ3) is 4.84. The molecule has 0 aromatic carbocycles. The van der Waals surface area contributed by atoms with E-state index in [9.17, 15) is 0 Å². The van der Waals surface area contributed by atoms with Crippen LogP contribution in [0, 0.1) is 11.3 Å². The van der Waals surface area contributed by atoms with E-state index >= 15 is 0 Å². The van der Waals surface area contributed by atoms with Crippen molar-refractivity contribution in [2.24, 2.45) is 11.3 Å². The average molecular weight is 226 g/mol. The Bertz CT molecular complexity index is 191. The van der Waals surface area contributed by atoms with Gasteiger partial charge in [0.25, 0.3) is 0 Å². The Hall–Kier alpha value is -0.0800. The molecule has 0 aromatic rings. The highest BCUT2D eigenvalue weighted by Gasteiger charge is 2.25. The molecule has 16 heavy (non-hydrogen) atoms. The summed E-state index contributed by atoms with van der Waals surface area (Å²) in [7, 11) is 0. The minimum atomic E-state index is 0.475. The summed E-state index contributed by atoms with van der Waals surface area (Å²) in [6.07, 6.45) is 1.33. The Morgan fingerprint density at radius 3 is 1.94 bits per heavy atom. The van der Waals surface area contributed by atoms with Crippen LogP contribution in [0.2, 0.25) is 0 Å². The molecule has 0 radical (unpaired) electrons. The number of nitrogens with zero attached hydrogens (tertiary/aromatic N) is 2. The van der Waals surface area contributed by atoms with Crippen LogP contribution in [0.5, 0.6) is 0 Å². The van der Waals surface area contributed by atoms with E-state index in [1.54, 1.807) is 0 Å². The summed E-state index contributed by atoms with van der Waals surface area (Å²) in [5, 5.41) is 0. The number of hydrogen-bond donors (Lipinski definition) is 0. The second-order valence-corrected chi connectivity index (χ2v) is 6.47. The summed E-state index contributed by atoms with van der Waals surface area (Å²) < 4.78 is 0. The number of hydrogen-bond acceptors (Lipinski definition) is 2. The third-order valence-electron chi connectivity index (χ3n) is 3.52. The van der Waals surface area contributed by atoms with Crippen molar-refractivity contribution in [2.75, 3.05) is 39.3 Å². The predicted octanol–water partition coefficient (Wildman–Crippen LogP) is 2.70. The summed E-state index contributed by atoms with van der Waals surface area (Å²) in [6.45, 7) is 19.3. The van der Waals surface area contributed by atoms with Crippen LogP contribution in [0.3, 0.4) is 0 Å². The van der Waals surface area contributed by atoms with Gasteiger partial charge in [0, 0.05) is 32.7 Å². The van der Waals surface area contributed by atoms with Crippen molar-refractivity contribution in [1.82, 2.24) is 9.80 Å². The van der Waals surface area contributed by atoms with Gasteiger partial charge >= 0.3 is 0 Å². The highest BCUT2D eigenvalue weighted by molar-refractivity contribution is 4.79. The molecule has 0 amide bonds. The van der Waals surface area contributed by atoms with Crippen molar-refractivity contribution in [3.05, 3.63) is 0 Å². The van der Waals surface area contributed by atoms with Crippen LogP contribution in [0.15, 0.2) is 0 Å². The van der Waals surface area contributed by atoms with Gasteiger partial charge in [0.15, 0.2) is 0 Å². The van der Waals surface area contributed by atoms with Gasteiger partial charge in [-0.3, -0.25) is 0 Å². The lowest BCUT2D eigenvalue weighted by molar-refractivity contribution is 0.0914. The quantitative estimate of drug-likeness (QED) is 0.711. The zero-order valence-electron chi connectivity index (χ0n) is 11.9. The fraction of sp³-hybridized carbons (Fsp3) is 1.00. The fourth-order valence-electron chi connectivity index (χ4n) is 3.04. The molecule has 1 aliphatic heterocycles. The van der Waals surface area contributed by atoms with Crippen molar-refractivity contribution in [2.45, 2.75) is 41.0 Å². The topological polar surface area (TPSA) is 6.48 Å². The van der Waals surface area contributed by atoms with E-state index in [-0.39, 0.29) is 0 Å². The lowest BCUT2D eigenvalue weighted by Crippen LogP contribution is -2.48. The molecule has 1 saturated heterocycles. The van der Waals surface area contributed by atoms with Gasteiger partial charge in [0.1, 0.15) is 0 Å². The summed E-state index contributed by atoms with van der Waals surface area (Å²) in [4.78, 5) is 5.19. The maximum absolute atomic E-state index is 2.65. The van der Waals surface area contributed by atoms with E-state index in [1.165, 1.54) is 45.7 Å². The van der Waals surface area contributed by atoms with E-state index in [0.29, 0.717) is 5.41 Å². The van der Waals surface area contributed by atoms with Crippen LogP contribution < -0.4 is 0 Å². The van der Waals surface area contributed by atoms with Crippen LogP contribution in [-0.2, 0) is 0 Å². The van der Waals surface area contributed by atoms with E-state index in [1.807, 2.05) is 0 Å². The van der Waals surface area contributed by atoms with Gasteiger partial charge in [0.05, 0.1) is 0 Å². The van der Waals surface area contributed by atoms with Crippen LogP contribution in [0.25, 0.3) is 0 Å². The summed E-state index contributed by atoms with van der Waals surface area (Å²) >= 11 is 0. The van der Waals surface area contributed by atoms with Gasteiger partial charge < -0.3 is 9.80 Å². The van der Waals surface area contributed by atoms with Crippen molar-refractivity contribution in [1.29, 1.82) is 0 Å². The van der Waals surface area contributed by atoms with Gasteiger partial charge in [-0.15, -0.1) is 0 Å². The first-order valence-electron chi connectivity index (χ1n) is 6.87. The monoisotopic (exact) mass is 226 g/mol. The van der Waals surface area contributed by atoms with Crippen molar-refractivity contribution in [3.8, 4) is 0 Å². The van der Waals surface area contributed by atoms with Crippen LogP contribution in [0.1, 0.15) is 41.0 Å². The van der Waals surface area contributed by atoms with Crippen molar-refractivity contribution < 1.29 is 0 Å². The SMILES string of the molecule is CCN1CCN(CC(C)(C)CC(C)C)CC1. The minimum absolute atomic E-state index is 0.475. The van der Waals surface area contributed by atoms with Gasteiger partial charge in [-0.05, 0) is 24.3 Å². The first-order valence-corrected chi connectivity index (χ1v) is 6.87. The Morgan fingerprint density at radius 1 is 1.00 bits per heavy atom. The molecule has 1 heterocycles. The van der Waals surface area contributed by atoms with Gasteiger partial charge in [-0.2, -0.15) is 0 Å². The van der Waals surface area contributed by atoms with E-state index < -0.39 is 0 Å². The first kappa shape index (κ1) is 14.0. The van der Waals surface area contributed by atoms with Gasteiger partial charge in [-0.1, -0.05) is 34.6 Å². The highest BCUT2D eigenvalue weighted by atomic mass is 15.3. The Kier molecular flexibility index (Phi) is 5.26. The van der Waals surface area contributed by atoms with E-state index in [4.69, 9.17) is 0 Å². The van der Waals surface area contributed by atoms with E-state index in [2.05, 4.69) is 44.4 Å². The molecule has 1 rings (SSSR count). The predicted molar refractivity (Wildman–Crippen MR) is 71.8 cm³/mol. The maximum atomic E-state index is 2.65. The van der Waals surface area contributed by atoms with E-state index in [0.717, 1.165) is 5.92 Å². The average Bonchev–Trinajstić information content (AvgIpc) is 2.16. The molecule has 0 aliphatic carbocycles. The molecular weight excluding hydrogens is 196 g/mol. The molecule has 96 valence electrons. The molecule has 0 unspecified atom stereocenters. The third-order valence-corrected chi connectivity index (χ3v) is 3.52. The normalized spacial score (nSPS) is 20.6. The number of rotatable bonds is 5. The molecule has 1 aliphatic rings. The van der Waals surface area contributed by atoms with Crippen LogP contribution >= 0.6 is 0 Å². The molecule has 0 atom stereocenters. The molecular formula is C14H30N2. The standard InChI is InChI=1S/C14H30N2/c1-6-15-7-9-16(10-8-15)12-14(4,5)11-13(2)3/h13H,6-12H2,1-5H3. The van der Waals surface area contributed by atoms with Crippen LogP contribution in [0.4, 0.5) is 0 Å². The summed E-state index contributed by atoms with van der Waals surface area (Å²) in [5.74, 6) is 0.812. The second kappa shape index (κ2) is 6.02. The largest absolute Gasteiger partial charge is 0.301 e.